The van der Waals surface area contributed by atoms with Crippen LogP contribution in [-0.2, 0) is 9.59 Å². The summed E-state index contributed by atoms with van der Waals surface area (Å²) in [5, 5.41) is 10.5. The Bertz CT molecular complexity index is 333. The summed E-state index contributed by atoms with van der Waals surface area (Å²) in [6.45, 7) is 6.58. The number of carbonyl (C=O) groups excluding carboxylic acids is 1. The Morgan fingerprint density at radius 1 is 1.06 bits per heavy atom. The molecule has 106 valence electrons. The normalized spacial score (nSPS) is 15.9. The molecule has 0 heterocycles. The van der Waals surface area contributed by atoms with Crippen molar-refractivity contribution in [2.24, 2.45) is 5.41 Å². The molecule has 1 amide bonds. The molecule has 18 heavy (non-hydrogen) atoms. The Balaban J connectivity index is 4.85. The van der Waals surface area contributed by atoms with Crippen LogP contribution in [0.3, 0.4) is 0 Å². The number of amides is 1. The Morgan fingerprint density at radius 2 is 1.50 bits per heavy atom. The zero-order valence-corrected chi connectivity index (χ0v) is 10.8. The standard InChI is InChI=1S/C11H18F3NO3/c1-9(2,3)5-6-10(4,8(17)18)15-7(16)11(12,13)14/h5-6H2,1-4H3,(H,15,16)(H,17,18). The van der Waals surface area contributed by atoms with Gasteiger partial charge in [0.25, 0.3) is 0 Å². The summed E-state index contributed by atoms with van der Waals surface area (Å²) in [4.78, 5) is 21.8. The summed E-state index contributed by atoms with van der Waals surface area (Å²) in [5.74, 6) is -3.72. The number of halogens is 3. The van der Waals surface area contributed by atoms with E-state index in [9.17, 15) is 22.8 Å². The molecule has 1 unspecified atom stereocenters. The lowest BCUT2D eigenvalue weighted by Gasteiger charge is -2.30. The molecule has 4 nitrogen and oxygen atoms in total. The fraction of sp³-hybridized carbons (Fsp3) is 0.818. The first-order chi connectivity index (χ1) is 7.78. The van der Waals surface area contributed by atoms with E-state index in [-0.39, 0.29) is 11.8 Å². The van der Waals surface area contributed by atoms with Crippen LogP contribution in [0.2, 0.25) is 0 Å². The lowest BCUT2D eigenvalue weighted by Crippen LogP contribution is -2.56. The molecular formula is C11H18F3NO3. The summed E-state index contributed by atoms with van der Waals surface area (Å²) in [6.07, 6.45) is -4.79. The van der Waals surface area contributed by atoms with Gasteiger partial charge in [0.1, 0.15) is 5.54 Å². The van der Waals surface area contributed by atoms with Crippen LogP contribution in [0.25, 0.3) is 0 Å². The Kier molecular flexibility index (Phi) is 4.79. The second-order valence-electron chi connectivity index (χ2n) is 5.65. The fourth-order valence-corrected chi connectivity index (χ4v) is 1.17. The molecule has 0 radical (unpaired) electrons. The van der Waals surface area contributed by atoms with Crippen molar-refractivity contribution >= 4 is 11.9 Å². The molecule has 0 aromatic rings. The highest BCUT2D eigenvalue weighted by Crippen LogP contribution is 2.27. The van der Waals surface area contributed by atoms with E-state index in [1.807, 2.05) is 20.8 Å². The van der Waals surface area contributed by atoms with Gasteiger partial charge >= 0.3 is 18.1 Å². The first-order valence-electron chi connectivity index (χ1n) is 5.41. The molecule has 0 aromatic heterocycles. The number of rotatable bonds is 4. The van der Waals surface area contributed by atoms with Gasteiger partial charge in [-0.1, -0.05) is 20.8 Å². The lowest BCUT2D eigenvalue weighted by molar-refractivity contribution is -0.177. The number of carboxylic acid groups (broad SMARTS) is 1. The maximum absolute atomic E-state index is 12.1. The average Bonchev–Trinajstić information content (AvgIpc) is 2.11. The zero-order chi connectivity index (χ0) is 14.8. The van der Waals surface area contributed by atoms with E-state index >= 15 is 0 Å². The first kappa shape index (κ1) is 16.7. The molecule has 0 rings (SSSR count). The highest BCUT2D eigenvalue weighted by atomic mass is 19.4. The van der Waals surface area contributed by atoms with Crippen molar-refractivity contribution in [2.45, 2.75) is 52.3 Å². The summed E-state index contributed by atoms with van der Waals surface area (Å²) >= 11 is 0. The number of hydrogen-bond acceptors (Lipinski definition) is 2. The van der Waals surface area contributed by atoms with E-state index in [4.69, 9.17) is 5.11 Å². The van der Waals surface area contributed by atoms with E-state index in [1.54, 1.807) is 5.32 Å². The number of carbonyl (C=O) groups is 2. The van der Waals surface area contributed by atoms with Gasteiger partial charge in [0.2, 0.25) is 0 Å². The quantitative estimate of drug-likeness (QED) is 0.823. The largest absolute Gasteiger partial charge is 0.480 e. The third kappa shape index (κ3) is 5.37. The molecule has 0 aliphatic rings. The van der Waals surface area contributed by atoms with Crippen molar-refractivity contribution in [2.75, 3.05) is 0 Å². The Hall–Kier alpha value is -1.27. The predicted octanol–water partition coefficient (Wildman–Crippen LogP) is 2.33. The molecular weight excluding hydrogens is 251 g/mol. The van der Waals surface area contributed by atoms with Gasteiger partial charge < -0.3 is 10.4 Å². The average molecular weight is 269 g/mol. The minimum atomic E-state index is -5.08. The molecule has 0 saturated carbocycles. The third-order valence-corrected chi connectivity index (χ3v) is 2.49. The van der Waals surface area contributed by atoms with Crippen LogP contribution in [0.4, 0.5) is 13.2 Å². The van der Waals surface area contributed by atoms with E-state index in [1.165, 1.54) is 0 Å². The van der Waals surface area contributed by atoms with Gasteiger partial charge in [0, 0.05) is 0 Å². The van der Waals surface area contributed by atoms with Gasteiger partial charge in [-0.15, -0.1) is 0 Å². The number of nitrogens with one attached hydrogen (secondary N) is 1. The van der Waals surface area contributed by atoms with E-state index in [0.29, 0.717) is 6.42 Å². The van der Waals surface area contributed by atoms with Crippen LogP contribution < -0.4 is 5.32 Å². The monoisotopic (exact) mass is 269 g/mol. The van der Waals surface area contributed by atoms with Crippen LogP contribution in [-0.4, -0.2) is 28.7 Å². The smallest absolute Gasteiger partial charge is 0.471 e. The number of hydrogen-bond donors (Lipinski definition) is 2. The molecule has 0 bridgehead atoms. The predicted molar refractivity (Wildman–Crippen MR) is 58.9 cm³/mol. The molecule has 0 saturated heterocycles. The lowest BCUT2D eigenvalue weighted by atomic mass is 9.84. The highest BCUT2D eigenvalue weighted by Gasteiger charge is 2.45. The van der Waals surface area contributed by atoms with Gasteiger partial charge in [-0.05, 0) is 25.2 Å². The van der Waals surface area contributed by atoms with Crippen molar-refractivity contribution < 1.29 is 27.9 Å². The van der Waals surface area contributed by atoms with E-state index < -0.39 is 23.6 Å². The molecule has 1 atom stereocenters. The van der Waals surface area contributed by atoms with Crippen LogP contribution in [0, 0.1) is 5.41 Å². The first-order valence-corrected chi connectivity index (χ1v) is 5.41. The highest BCUT2D eigenvalue weighted by molar-refractivity contribution is 5.89. The van der Waals surface area contributed by atoms with Crippen LogP contribution in [0.1, 0.15) is 40.5 Å². The third-order valence-electron chi connectivity index (χ3n) is 2.49. The van der Waals surface area contributed by atoms with Gasteiger partial charge in [-0.3, -0.25) is 4.79 Å². The van der Waals surface area contributed by atoms with E-state index in [2.05, 4.69) is 0 Å². The number of aliphatic carboxylic acids is 1. The number of alkyl halides is 3. The van der Waals surface area contributed by atoms with Gasteiger partial charge in [0.05, 0.1) is 0 Å². The summed E-state index contributed by atoms with van der Waals surface area (Å²) in [7, 11) is 0. The van der Waals surface area contributed by atoms with Crippen LogP contribution >= 0.6 is 0 Å². The maximum atomic E-state index is 12.1. The summed E-state index contributed by atoms with van der Waals surface area (Å²) in [6, 6.07) is 0. The SMILES string of the molecule is CC(C)(C)CCC(C)(NC(=O)C(F)(F)F)C(=O)O. The minimum absolute atomic E-state index is 0.0757. The van der Waals surface area contributed by atoms with E-state index in [0.717, 1.165) is 6.92 Å². The maximum Gasteiger partial charge on any atom is 0.471 e. The second-order valence-corrected chi connectivity index (χ2v) is 5.65. The van der Waals surface area contributed by atoms with Gasteiger partial charge in [0.15, 0.2) is 0 Å². The van der Waals surface area contributed by atoms with Crippen LogP contribution in [0.5, 0.6) is 0 Å². The summed E-state index contributed by atoms with van der Waals surface area (Å²) in [5.41, 5.74) is -2.15. The van der Waals surface area contributed by atoms with Crippen molar-refractivity contribution in [3.63, 3.8) is 0 Å². The van der Waals surface area contributed by atoms with Gasteiger partial charge in [-0.2, -0.15) is 13.2 Å². The molecule has 7 heteroatoms. The Labute approximate surface area is 104 Å². The zero-order valence-electron chi connectivity index (χ0n) is 10.8. The second kappa shape index (κ2) is 5.16. The molecule has 0 fully saturated rings. The van der Waals surface area contributed by atoms with Gasteiger partial charge in [-0.25, -0.2) is 4.79 Å². The van der Waals surface area contributed by atoms with Crippen molar-refractivity contribution in [1.29, 1.82) is 0 Å². The van der Waals surface area contributed by atoms with Crippen molar-refractivity contribution in [1.82, 2.24) is 5.32 Å². The molecule has 0 aliphatic carbocycles. The molecule has 0 spiro atoms. The Morgan fingerprint density at radius 3 is 1.78 bits per heavy atom. The van der Waals surface area contributed by atoms with Crippen molar-refractivity contribution in [3.8, 4) is 0 Å². The number of carboxylic acids is 1. The molecule has 2 N–H and O–H groups in total. The summed E-state index contributed by atoms with van der Waals surface area (Å²) < 4.78 is 36.3. The fourth-order valence-electron chi connectivity index (χ4n) is 1.17. The topological polar surface area (TPSA) is 66.4 Å². The molecule has 0 aliphatic heterocycles. The van der Waals surface area contributed by atoms with Crippen molar-refractivity contribution in [3.05, 3.63) is 0 Å². The molecule has 0 aromatic carbocycles. The van der Waals surface area contributed by atoms with Crippen LogP contribution in [0.15, 0.2) is 0 Å². The minimum Gasteiger partial charge on any atom is -0.480 e.